The zero-order valence-electron chi connectivity index (χ0n) is 13.8. The minimum absolute atomic E-state index is 0.198. The van der Waals surface area contributed by atoms with Crippen molar-refractivity contribution in [1.29, 1.82) is 0 Å². The van der Waals surface area contributed by atoms with E-state index >= 15 is 0 Å². The number of fused-ring (bicyclic) bond motifs is 3. The van der Waals surface area contributed by atoms with E-state index in [0.717, 1.165) is 35.1 Å². The van der Waals surface area contributed by atoms with Crippen molar-refractivity contribution in [2.24, 2.45) is 5.92 Å². The Morgan fingerprint density at radius 1 is 1.35 bits per heavy atom. The summed E-state index contributed by atoms with van der Waals surface area (Å²) in [6.07, 6.45) is 1.40. The lowest BCUT2D eigenvalue weighted by Gasteiger charge is -2.28. The molecule has 3 rings (SSSR count). The second kappa shape index (κ2) is 6.07. The summed E-state index contributed by atoms with van der Waals surface area (Å²) in [5.74, 6) is 0.215. The minimum atomic E-state index is -0.342. The van der Waals surface area contributed by atoms with Gasteiger partial charge in [-0.1, -0.05) is 13.8 Å². The Hall–Kier alpha value is -2.30. The Bertz CT molecular complexity index is 761. The van der Waals surface area contributed by atoms with E-state index in [4.69, 9.17) is 4.74 Å². The van der Waals surface area contributed by atoms with Gasteiger partial charge < -0.3 is 14.6 Å². The highest BCUT2D eigenvalue weighted by Gasteiger charge is 2.24. The van der Waals surface area contributed by atoms with E-state index < -0.39 is 0 Å². The van der Waals surface area contributed by atoms with Gasteiger partial charge in [0, 0.05) is 48.1 Å². The number of nitrogens with one attached hydrogen (secondary N) is 1. The summed E-state index contributed by atoms with van der Waals surface area (Å²) in [6, 6.07) is 5.52. The summed E-state index contributed by atoms with van der Waals surface area (Å²) < 4.78 is 4.80. The second-order valence-electron chi connectivity index (χ2n) is 6.50. The first-order valence-corrected chi connectivity index (χ1v) is 7.99. The molecule has 122 valence electrons. The maximum atomic E-state index is 12.3. The molecule has 0 unspecified atom stereocenters. The highest BCUT2D eigenvalue weighted by atomic mass is 16.5. The Kier molecular flexibility index (Phi) is 4.11. The summed E-state index contributed by atoms with van der Waals surface area (Å²) in [6.45, 7) is 5.46. The first kappa shape index (κ1) is 15.6. The van der Waals surface area contributed by atoms with Crippen LogP contribution in [-0.4, -0.2) is 35.4 Å². The summed E-state index contributed by atoms with van der Waals surface area (Å²) in [5.41, 5.74) is 3.82. The van der Waals surface area contributed by atoms with Gasteiger partial charge in [0.25, 0.3) is 0 Å². The molecule has 0 atom stereocenters. The fourth-order valence-electron chi connectivity index (χ4n) is 3.15. The number of hydrogen-bond acceptors (Lipinski definition) is 3. The van der Waals surface area contributed by atoms with Crippen molar-refractivity contribution in [2.75, 3.05) is 13.7 Å². The van der Waals surface area contributed by atoms with Gasteiger partial charge in [0.05, 0.1) is 12.7 Å². The molecule has 1 aromatic carbocycles. The molecule has 0 aliphatic carbocycles. The topological polar surface area (TPSA) is 62.4 Å². The lowest BCUT2D eigenvalue weighted by atomic mass is 10.0. The second-order valence-corrected chi connectivity index (χ2v) is 6.50. The number of rotatable bonds is 3. The number of benzene rings is 1. The zero-order valence-corrected chi connectivity index (χ0v) is 13.8. The summed E-state index contributed by atoms with van der Waals surface area (Å²) in [4.78, 5) is 29.4. The number of H-pyrrole nitrogens is 1. The molecular weight excluding hydrogens is 292 g/mol. The van der Waals surface area contributed by atoms with Gasteiger partial charge in [0.15, 0.2) is 0 Å². The van der Waals surface area contributed by atoms with Crippen LogP contribution in [0.1, 0.15) is 41.9 Å². The van der Waals surface area contributed by atoms with Gasteiger partial charge in [0.2, 0.25) is 5.91 Å². The average Bonchev–Trinajstić information content (AvgIpc) is 2.90. The molecule has 1 amide bonds. The molecule has 5 heteroatoms. The average molecular weight is 314 g/mol. The molecule has 1 N–H and O–H groups in total. The van der Waals surface area contributed by atoms with E-state index in [9.17, 15) is 9.59 Å². The fraction of sp³-hybridized carbons (Fsp3) is 0.444. The van der Waals surface area contributed by atoms with Crippen molar-refractivity contribution in [3.63, 3.8) is 0 Å². The maximum absolute atomic E-state index is 12.3. The van der Waals surface area contributed by atoms with Gasteiger partial charge in [-0.25, -0.2) is 4.79 Å². The van der Waals surface area contributed by atoms with E-state index in [0.29, 0.717) is 24.4 Å². The van der Waals surface area contributed by atoms with E-state index in [1.807, 2.05) is 17.0 Å². The SMILES string of the molecule is COC(=O)c1ccc2[nH]c3c(c2c1)CN(C(=O)CC(C)C)CC3. The smallest absolute Gasteiger partial charge is 0.337 e. The van der Waals surface area contributed by atoms with Crippen LogP contribution in [-0.2, 0) is 22.5 Å². The summed E-state index contributed by atoms with van der Waals surface area (Å²) in [7, 11) is 1.38. The van der Waals surface area contributed by atoms with Gasteiger partial charge in [0.1, 0.15) is 0 Å². The van der Waals surface area contributed by atoms with Gasteiger partial charge in [-0.3, -0.25) is 4.79 Å². The van der Waals surface area contributed by atoms with Crippen LogP contribution in [0.5, 0.6) is 0 Å². The molecule has 5 nitrogen and oxygen atoms in total. The Morgan fingerprint density at radius 2 is 2.13 bits per heavy atom. The maximum Gasteiger partial charge on any atom is 0.337 e. The van der Waals surface area contributed by atoms with Crippen molar-refractivity contribution >= 4 is 22.8 Å². The van der Waals surface area contributed by atoms with Crippen molar-refractivity contribution in [1.82, 2.24) is 9.88 Å². The number of aromatic amines is 1. The number of hydrogen-bond donors (Lipinski definition) is 1. The molecule has 0 saturated heterocycles. The number of carbonyl (C=O) groups is 2. The van der Waals surface area contributed by atoms with Crippen LogP contribution in [0.25, 0.3) is 10.9 Å². The molecule has 2 aromatic rings. The van der Waals surface area contributed by atoms with Crippen LogP contribution in [0.15, 0.2) is 18.2 Å². The van der Waals surface area contributed by atoms with Gasteiger partial charge in [-0.05, 0) is 24.1 Å². The van der Waals surface area contributed by atoms with Crippen LogP contribution in [0.4, 0.5) is 0 Å². The Balaban J connectivity index is 1.94. The number of nitrogens with zero attached hydrogens (tertiary/aromatic N) is 1. The minimum Gasteiger partial charge on any atom is -0.465 e. The van der Waals surface area contributed by atoms with Crippen LogP contribution in [0.2, 0.25) is 0 Å². The highest BCUT2D eigenvalue weighted by molar-refractivity contribution is 5.96. The lowest BCUT2D eigenvalue weighted by molar-refractivity contribution is -0.132. The van der Waals surface area contributed by atoms with Crippen LogP contribution < -0.4 is 0 Å². The molecule has 1 aliphatic rings. The van der Waals surface area contributed by atoms with E-state index in [1.54, 1.807) is 6.07 Å². The first-order valence-electron chi connectivity index (χ1n) is 7.99. The zero-order chi connectivity index (χ0) is 16.6. The Labute approximate surface area is 135 Å². The molecule has 0 bridgehead atoms. The number of methoxy groups -OCH3 is 1. The third kappa shape index (κ3) is 2.96. The highest BCUT2D eigenvalue weighted by Crippen LogP contribution is 2.29. The lowest BCUT2D eigenvalue weighted by Crippen LogP contribution is -2.36. The molecule has 1 aromatic heterocycles. The van der Waals surface area contributed by atoms with E-state index in [-0.39, 0.29) is 11.9 Å². The van der Waals surface area contributed by atoms with Crippen LogP contribution in [0.3, 0.4) is 0 Å². The molecule has 0 fully saturated rings. The van der Waals surface area contributed by atoms with Gasteiger partial charge in [-0.15, -0.1) is 0 Å². The number of aromatic nitrogens is 1. The Morgan fingerprint density at radius 3 is 2.83 bits per heavy atom. The van der Waals surface area contributed by atoms with Crippen molar-refractivity contribution < 1.29 is 14.3 Å². The number of carbonyl (C=O) groups excluding carboxylic acids is 2. The van der Waals surface area contributed by atoms with Crippen LogP contribution in [0, 0.1) is 5.92 Å². The molecule has 0 radical (unpaired) electrons. The monoisotopic (exact) mass is 314 g/mol. The fourth-order valence-corrected chi connectivity index (χ4v) is 3.15. The molecule has 0 spiro atoms. The predicted octanol–water partition coefficient (Wildman–Crippen LogP) is 2.89. The van der Waals surface area contributed by atoms with Crippen molar-refractivity contribution in [2.45, 2.75) is 33.2 Å². The number of amides is 1. The molecular formula is C18H22N2O3. The van der Waals surface area contributed by atoms with Gasteiger partial charge >= 0.3 is 5.97 Å². The molecule has 2 heterocycles. The van der Waals surface area contributed by atoms with E-state index in [1.165, 1.54) is 7.11 Å². The predicted molar refractivity (Wildman–Crippen MR) is 88.2 cm³/mol. The third-order valence-corrected chi connectivity index (χ3v) is 4.33. The first-order chi connectivity index (χ1) is 11.0. The van der Waals surface area contributed by atoms with Gasteiger partial charge in [-0.2, -0.15) is 0 Å². The third-order valence-electron chi connectivity index (χ3n) is 4.33. The van der Waals surface area contributed by atoms with E-state index in [2.05, 4.69) is 18.8 Å². The number of ether oxygens (including phenoxy) is 1. The summed E-state index contributed by atoms with van der Waals surface area (Å²) >= 11 is 0. The largest absolute Gasteiger partial charge is 0.465 e. The van der Waals surface area contributed by atoms with Crippen molar-refractivity contribution in [3.05, 3.63) is 35.0 Å². The molecule has 23 heavy (non-hydrogen) atoms. The van der Waals surface area contributed by atoms with Crippen molar-refractivity contribution in [3.8, 4) is 0 Å². The summed E-state index contributed by atoms with van der Waals surface area (Å²) in [5, 5.41) is 1.00. The quantitative estimate of drug-likeness (QED) is 0.886. The normalized spacial score (nSPS) is 14.2. The standard InChI is InChI=1S/C18H22N2O3/c1-11(2)8-17(21)20-7-6-16-14(10-20)13-9-12(18(22)23-3)4-5-15(13)19-16/h4-5,9,11,19H,6-8,10H2,1-3H3. The van der Waals surface area contributed by atoms with Crippen LogP contribution >= 0.6 is 0 Å². The number of esters is 1. The molecule has 0 saturated carbocycles. The molecule has 1 aliphatic heterocycles.